The summed E-state index contributed by atoms with van der Waals surface area (Å²) in [6, 6.07) is 26.0. The Morgan fingerprint density at radius 2 is 0.846 bits per heavy atom. The predicted octanol–water partition coefficient (Wildman–Crippen LogP) is 8.83. The first-order valence-corrected chi connectivity index (χ1v) is 28.6. The minimum absolute atomic E-state index is 0.0116. The van der Waals surface area contributed by atoms with Crippen molar-refractivity contribution in [1.29, 1.82) is 0 Å². The second kappa shape index (κ2) is 24.3. The minimum Gasteiger partial charge on any atom is -0.444 e. The van der Waals surface area contributed by atoms with Gasteiger partial charge in [-0.1, -0.05) is 0 Å². The molecule has 412 valence electrons. The number of amides is 6. The minimum atomic E-state index is -0.552. The molecule has 20 nitrogen and oxygen atoms in total. The normalized spacial score (nSPS) is 18.2. The molecule has 0 aliphatic carbocycles. The Morgan fingerprint density at radius 1 is 0.500 bits per heavy atom. The Kier molecular flexibility index (Phi) is 17.3. The average Bonchev–Trinajstić information content (AvgIpc) is 4.29. The quantitative estimate of drug-likeness (QED) is 0.0638. The smallest absolute Gasteiger partial charge is 0.410 e. The summed E-state index contributed by atoms with van der Waals surface area (Å²) >= 11 is 3.44. The lowest BCUT2D eigenvalue weighted by molar-refractivity contribution is -0.122. The van der Waals surface area contributed by atoms with E-state index in [2.05, 4.69) is 46.9 Å². The second-order valence-corrected chi connectivity index (χ2v) is 23.8. The van der Waals surface area contributed by atoms with Crippen LogP contribution in [-0.4, -0.2) is 138 Å². The molecule has 0 radical (unpaired) electrons. The molecule has 4 aromatic carbocycles. The van der Waals surface area contributed by atoms with Crippen LogP contribution in [0.15, 0.2) is 84.9 Å². The molecule has 2 atom stereocenters. The number of nitrogens with one attached hydrogen (secondary N) is 8. The van der Waals surface area contributed by atoms with Gasteiger partial charge in [0.15, 0.2) is 0 Å². The van der Waals surface area contributed by atoms with Crippen LogP contribution in [-0.2, 0) is 28.7 Å². The van der Waals surface area contributed by atoms with Crippen LogP contribution in [0.25, 0.3) is 44.8 Å². The highest BCUT2D eigenvalue weighted by atomic mass is 32.2. The number of carbonyl (C=O) groups is 6. The standard InChI is InChI=1S/C35H46N6O6.C21H22N6O2S2/c1-34(2,3)46-32(44)40-17-13-23(14-18-40)30(42)36-25-9-7-22(8-10-25)29-38-27-12-11-26(21-28(27)39-29)37-31(43)24-15-19-41(20-16-24)33(45)47-35(4,5)6;28-20(17-8-30-10-22-17)24-13-3-1-12(2-4-13)19-26-15-6-5-14(7-16(15)27-19)25-21(29)18-9-31-11-23-18/h7-12,21,23-24H,13-20H2,1-6H3,(H,36,42)(H,37,43)(H,38,39);1-7,17-18,22-23H,8-11H2,(H,24,28)(H,25,29)(H,26,27). The molecule has 22 heteroatoms. The van der Waals surface area contributed by atoms with Crippen LogP contribution in [0.5, 0.6) is 0 Å². The van der Waals surface area contributed by atoms with E-state index < -0.39 is 11.2 Å². The Bertz CT molecular complexity index is 3120. The number of likely N-dealkylation sites (tertiary alicyclic amines) is 2. The van der Waals surface area contributed by atoms with E-state index in [4.69, 9.17) is 14.5 Å². The Labute approximate surface area is 461 Å². The van der Waals surface area contributed by atoms with Crippen molar-refractivity contribution in [3.8, 4) is 22.8 Å². The first-order chi connectivity index (χ1) is 37.3. The zero-order chi connectivity index (χ0) is 55.1. The molecule has 78 heavy (non-hydrogen) atoms. The van der Waals surface area contributed by atoms with Gasteiger partial charge in [-0.25, -0.2) is 19.6 Å². The third-order valence-corrected chi connectivity index (χ3v) is 15.3. The number of aromatic nitrogens is 4. The molecule has 10 rings (SSSR count). The van der Waals surface area contributed by atoms with E-state index in [1.54, 1.807) is 33.3 Å². The van der Waals surface area contributed by atoms with E-state index in [0.717, 1.165) is 73.7 Å². The maximum Gasteiger partial charge on any atom is 0.410 e. The second-order valence-electron chi connectivity index (χ2n) is 21.8. The summed E-state index contributed by atoms with van der Waals surface area (Å²) in [4.78, 5) is 94.5. The molecule has 6 heterocycles. The molecule has 4 aliphatic heterocycles. The van der Waals surface area contributed by atoms with E-state index >= 15 is 0 Å². The molecular formula is C56H68N12O8S2. The topological polar surface area (TPSA) is 257 Å². The van der Waals surface area contributed by atoms with Gasteiger partial charge in [-0.3, -0.25) is 29.8 Å². The summed E-state index contributed by atoms with van der Waals surface area (Å²) in [5.41, 5.74) is 6.74. The van der Waals surface area contributed by atoms with E-state index in [1.165, 1.54) is 0 Å². The summed E-state index contributed by atoms with van der Waals surface area (Å²) in [6.45, 7) is 13.0. The Balaban J connectivity index is 0.000000206. The third-order valence-electron chi connectivity index (χ3n) is 13.5. The van der Waals surface area contributed by atoms with Crippen LogP contribution >= 0.6 is 23.5 Å². The molecule has 4 saturated heterocycles. The maximum atomic E-state index is 13.0. The summed E-state index contributed by atoms with van der Waals surface area (Å²) in [5, 5.41) is 18.3. The summed E-state index contributed by atoms with van der Waals surface area (Å²) in [7, 11) is 0. The number of imidazole rings is 2. The van der Waals surface area contributed by atoms with Gasteiger partial charge in [-0.05, 0) is 152 Å². The van der Waals surface area contributed by atoms with Gasteiger partial charge in [0.25, 0.3) is 0 Å². The van der Waals surface area contributed by atoms with E-state index in [-0.39, 0.29) is 59.7 Å². The lowest BCUT2D eigenvalue weighted by atomic mass is 9.96. The Morgan fingerprint density at radius 3 is 1.21 bits per heavy atom. The van der Waals surface area contributed by atoms with Crippen molar-refractivity contribution in [1.82, 2.24) is 40.4 Å². The Hall–Kier alpha value is -7.14. The number of aromatic amines is 2. The fourth-order valence-corrected chi connectivity index (χ4v) is 11.1. The van der Waals surface area contributed by atoms with Crippen LogP contribution in [0.1, 0.15) is 67.2 Å². The average molecular weight is 1100 g/mol. The van der Waals surface area contributed by atoms with Gasteiger partial charge in [0.05, 0.1) is 34.2 Å². The SMILES string of the molecule is CC(C)(C)OC(=O)N1CCC(C(=O)Nc2ccc(-c3nc4ccc(NC(=O)C5CCN(C(=O)OC(C)(C)C)CC5)cc4[nH]3)cc2)CC1.O=C(Nc1ccc(-c2nc3ccc(NC(=O)C4CSCN4)cc3[nH]2)cc1)C1CSCN1. The van der Waals surface area contributed by atoms with Crippen LogP contribution in [0, 0.1) is 11.8 Å². The largest absolute Gasteiger partial charge is 0.444 e. The van der Waals surface area contributed by atoms with E-state index in [9.17, 15) is 28.8 Å². The molecule has 8 N–H and O–H groups in total. The van der Waals surface area contributed by atoms with Crippen molar-refractivity contribution >= 4 is 104 Å². The van der Waals surface area contributed by atoms with Gasteiger partial charge in [0, 0.05) is 95.2 Å². The number of rotatable bonds is 10. The number of piperidine rings is 2. The number of carbonyl (C=O) groups excluding carboxylic acids is 6. The van der Waals surface area contributed by atoms with Crippen LogP contribution in [0.2, 0.25) is 0 Å². The number of ether oxygens (including phenoxy) is 2. The molecule has 0 saturated carbocycles. The van der Waals surface area contributed by atoms with Gasteiger partial charge < -0.3 is 50.5 Å². The third kappa shape index (κ3) is 14.7. The van der Waals surface area contributed by atoms with Crippen LogP contribution in [0.3, 0.4) is 0 Å². The van der Waals surface area contributed by atoms with Crippen molar-refractivity contribution in [3.63, 3.8) is 0 Å². The van der Waals surface area contributed by atoms with Gasteiger partial charge in [-0.15, -0.1) is 23.5 Å². The van der Waals surface area contributed by atoms with Gasteiger partial charge >= 0.3 is 12.2 Å². The summed E-state index contributed by atoms with van der Waals surface area (Å²) in [5.74, 6) is 4.07. The van der Waals surface area contributed by atoms with Crippen molar-refractivity contribution in [2.24, 2.45) is 11.8 Å². The molecule has 6 amide bonds. The zero-order valence-electron chi connectivity index (χ0n) is 44.7. The maximum absolute atomic E-state index is 13.0. The number of hydrogen-bond donors (Lipinski definition) is 8. The molecule has 6 aromatic rings. The molecule has 0 bridgehead atoms. The van der Waals surface area contributed by atoms with Gasteiger partial charge in [-0.2, -0.15) is 0 Å². The van der Waals surface area contributed by atoms with Crippen LogP contribution < -0.4 is 31.9 Å². The molecule has 4 fully saturated rings. The molecule has 4 aliphatic rings. The number of H-pyrrole nitrogens is 2. The van der Waals surface area contributed by atoms with Gasteiger partial charge in [0.1, 0.15) is 22.9 Å². The van der Waals surface area contributed by atoms with Crippen molar-refractivity contribution in [3.05, 3.63) is 84.9 Å². The number of hydrogen-bond acceptors (Lipinski definition) is 14. The van der Waals surface area contributed by atoms with E-state index in [0.29, 0.717) is 69.1 Å². The lowest BCUT2D eigenvalue weighted by Crippen LogP contribution is -2.43. The highest BCUT2D eigenvalue weighted by Crippen LogP contribution is 2.29. The molecular weight excluding hydrogens is 1030 g/mol. The monoisotopic (exact) mass is 1100 g/mol. The van der Waals surface area contributed by atoms with E-state index in [1.807, 2.05) is 126 Å². The number of fused-ring (bicyclic) bond motifs is 2. The number of thioether (sulfide) groups is 2. The van der Waals surface area contributed by atoms with Gasteiger partial charge in [0.2, 0.25) is 23.6 Å². The molecule has 0 spiro atoms. The molecule has 2 unspecified atom stereocenters. The number of anilines is 4. The lowest BCUT2D eigenvalue weighted by Gasteiger charge is -2.32. The number of benzene rings is 4. The fourth-order valence-electron chi connectivity index (χ4n) is 9.25. The van der Waals surface area contributed by atoms with Crippen molar-refractivity contribution in [2.45, 2.75) is 90.5 Å². The van der Waals surface area contributed by atoms with Crippen LogP contribution in [0.4, 0.5) is 32.3 Å². The number of nitrogens with zero attached hydrogens (tertiary/aromatic N) is 4. The highest BCUT2D eigenvalue weighted by Gasteiger charge is 2.32. The first kappa shape index (κ1) is 55.6. The highest BCUT2D eigenvalue weighted by molar-refractivity contribution is 7.99. The predicted molar refractivity (Wildman–Crippen MR) is 307 cm³/mol. The summed E-state index contributed by atoms with van der Waals surface area (Å²) in [6.07, 6.45) is 1.63. The van der Waals surface area contributed by atoms with Crippen molar-refractivity contribution in [2.75, 3.05) is 70.7 Å². The fraction of sp³-hybridized carbons (Fsp3) is 0.429. The molecule has 2 aromatic heterocycles. The van der Waals surface area contributed by atoms with Crippen molar-refractivity contribution < 1.29 is 38.2 Å². The summed E-state index contributed by atoms with van der Waals surface area (Å²) < 4.78 is 10.9. The zero-order valence-corrected chi connectivity index (χ0v) is 46.4. The first-order valence-electron chi connectivity index (χ1n) is 26.3.